The maximum absolute atomic E-state index is 12.8. The van der Waals surface area contributed by atoms with Crippen molar-refractivity contribution in [1.82, 2.24) is 0 Å². The number of carboxylic acids is 1. The van der Waals surface area contributed by atoms with Gasteiger partial charge in [0, 0.05) is 23.4 Å². The number of carboxylic acid groups (broad SMARTS) is 1. The van der Waals surface area contributed by atoms with Crippen molar-refractivity contribution in [3.63, 3.8) is 0 Å². The van der Waals surface area contributed by atoms with Gasteiger partial charge in [-0.1, -0.05) is 0 Å². The van der Waals surface area contributed by atoms with Crippen molar-refractivity contribution in [1.29, 1.82) is 0 Å². The summed E-state index contributed by atoms with van der Waals surface area (Å²) in [5.74, 6) is -3.59. The average Bonchev–Trinajstić information content (AvgIpc) is 2.65. The van der Waals surface area contributed by atoms with Gasteiger partial charge in [-0.05, 0) is 48.5 Å². The van der Waals surface area contributed by atoms with Gasteiger partial charge in [-0.25, -0.2) is 14.0 Å². The van der Waals surface area contributed by atoms with Gasteiger partial charge >= 0.3 is 11.9 Å². The Bertz CT molecular complexity index is 887. The number of hydrogen-bond donors (Lipinski definition) is 2. The summed E-state index contributed by atoms with van der Waals surface area (Å²) < 4.78 is 17.7. The number of carbonyl (C=O) groups excluding carboxylic acids is 3. The number of carbonyl (C=O) groups is 4. The summed E-state index contributed by atoms with van der Waals surface area (Å²) in [7, 11) is 0. The summed E-state index contributed by atoms with van der Waals surface area (Å²) in [5.41, 5.74) is 0.714. The molecule has 0 heterocycles. The lowest BCUT2D eigenvalue weighted by molar-refractivity contribution is -0.131. The molecule has 0 spiro atoms. The van der Waals surface area contributed by atoms with Gasteiger partial charge in [0.2, 0.25) is 5.91 Å². The number of ketones is 1. The summed E-state index contributed by atoms with van der Waals surface area (Å²) in [6.07, 6.45) is 1.55. The van der Waals surface area contributed by atoms with Crippen LogP contribution in [-0.4, -0.2) is 35.3 Å². The maximum Gasteiger partial charge on any atom is 0.338 e. The number of esters is 1. The fraction of sp³-hybridized carbons (Fsp3) is 0.0526. The molecular weight excluding hydrogens is 357 g/mol. The van der Waals surface area contributed by atoms with Crippen LogP contribution in [-0.2, 0) is 14.3 Å². The van der Waals surface area contributed by atoms with Crippen LogP contribution in [0.4, 0.5) is 10.1 Å². The molecule has 7 nitrogen and oxygen atoms in total. The quantitative estimate of drug-likeness (QED) is 0.439. The minimum absolute atomic E-state index is 0.154. The Morgan fingerprint density at radius 3 is 2.11 bits per heavy atom. The number of Topliss-reactive ketones (excluding diaryl/α,β-unsaturated/α-hetero) is 1. The topological polar surface area (TPSA) is 110 Å². The van der Waals surface area contributed by atoms with E-state index in [1.807, 2.05) is 0 Å². The first kappa shape index (κ1) is 19.5. The molecule has 0 aliphatic heterocycles. The van der Waals surface area contributed by atoms with E-state index in [1.165, 1.54) is 36.4 Å². The van der Waals surface area contributed by atoms with E-state index in [4.69, 9.17) is 9.84 Å². The van der Waals surface area contributed by atoms with Crippen molar-refractivity contribution < 1.29 is 33.4 Å². The third kappa shape index (κ3) is 6.20. The molecule has 2 aromatic carbocycles. The van der Waals surface area contributed by atoms with Gasteiger partial charge < -0.3 is 15.2 Å². The number of amides is 1. The third-order valence-corrected chi connectivity index (χ3v) is 3.27. The number of ether oxygens (including phenoxy) is 1. The summed E-state index contributed by atoms with van der Waals surface area (Å²) in [4.78, 5) is 45.6. The lowest BCUT2D eigenvalue weighted by Crippen LogP contribution is -2.14. The maximum atomic E-state index is 12.8. The van der Waals surface area contributed by atoms with E-state index in [0.717, 1.165) is 18.2 Å². The molecule has 2 aromatic rings. The number of aliphatic carboxylic acids is 1. The second-order valence-electron chi connectivity index (χ2n) is 5.24. The molecular formula is C19H14FNO6. The summed E-state index contributed by atoms with van der Waals surface area (Å²) >= 11 is 0. The van der Waals surface area contributed by atoms with Gasteiger partial charge in [-0.2, -0.15) is 0 Å². The van der Waals surface area contributed by atoms with Crippen LogP contribution in [0.25, 0.3) is 0 Å². The number of nitrogens with one attached hydrogen (secondary N) is 1. The Morgan fingerprint density at radius 1 is 0.926 bits per heavy atom. The van der Waals surface area contributed by atoms with Crippen molar-refractivity contribution in [3.8, 4) is 0 Å². The molecule has 0 fully saturated rings. The Balaban J connectivity index is 1.89. The van der Waals surface area contributed by atoms with Crippen molar-refractivity contribution >= 4 is 29.3 Å². The van der Waals surface area contributed by atoms with E-state index in [-0.39, 0.29) is 11.1 Å². The molecule has 138 valence electrons. The number of anilines is 1. The first-order valence-corrected chi connectivity index (χ1v) is 7.63. The highest BCUT2D eigenvalue weighted by Gasteiger charge is 2.12. The molecule has 2 N–H and O–H groups in total. The first-order valence-electron chi connectivity index (χ1n) is 7.63. The van der Waals surface area contributed by atoms with Gasteiger partial charge in [-0.3, -0.25) is 9.59 Å². The van der Waals surface area contributed by atoms with E-state index in [0.29, 0.717) is 11.8 Å². The highest BCUT2D eigenvalue weighted by molar-refractivity contribution is 6.02. The lowest BCUT2D eigenvalue weighted by Gasteiger charge is -2.06. The van der Waals surface area contributed by atoms with E-state index in [1.54, 1.807) is 0 Å². The van der Waals surface area contributed by atoms with Gasteiger partial charge in [-0.15, -0.1) is 0 Å². The van der Waals surface area contributed by atoms with Gasteiger partial charge in [0.25, 0.3) is 0 Å². The van der Waals surface area contributed by atoms with Crippen LogP contribution in [0.3, 0.4) is 0 Å². The molecule has 0 unspecified atom stereocenters. The van der Waals surface area contributed by atoms with Crippen molar-refractivity contribution in [2.24, 2.45) is 0 Å². The average molecular weight is 371 g/mol. The van der Waals surface area contributed by atoms with Crippen LogP contribution in [0.2, 0.25) is 0 Å². The van der Waals surface area contributed by atoms with Crippen molar-refractivity contribution in [3.05, 3.63) is 77.6 Å². The van der Waals surface area contributed by atoms with Gasteiger partial charge in [0.05, 0.1) is 5.56 Å². The molecule has 0 radical (unpaired) electrons. The van der Waals surface area contributed by atoms with Crippen LogP contribution in [0, 0.1) is 5.82 Å². The molecule has 8 heteroatoms. The number of halogens is 1. The SMILES string of the molecule is O=C(O)C=CC(=O)Nc1ccc(C(=O)OCC(=O)c2ccc(F)cc2)cc1. The molecule has 0 aliphatic rings. The van der Waals surface area contributed by atoms with Crippen LogP contribution in [0.1, 0.15) is 20.7 Å². The highest BCUT2D eigenvalue weighted by Crippen LogP contribution is 2.11. The number of hydrogen-bond acceptors (Lipinski definition) is 5. The van der Waals surface area contributed by atoms with Crippen LogP contribution in [0.15, 0.2) is 60.7 Å². The fourth-order valence-corrected chi connectivity index (χ4v) is 1.95. The Labute approximate surface area is 153 Å². The van der Waals surface area contributed by atoms with Gasteiger partial charge in [0.1, 0.15) is 5.82 Å². The second kappa shape index (κ2) is 9.04. The predicted octanol–water partition coefficient (Wildman–Crippen LogP) is 2.44. The highest BCUT2D eigenvalue weighted by atomic mass is 19.1. The zero-order valence-electron chi connectivity index (χ0n) is 13.8. The Morgan fingerprint density at radius 2 is 1.52 bits per heavy atom. The molecule has 2 rings (SSSR count). The third-order valence-electron chi connectivity index (χ3n) is 3.27. The molecule has 0 bridgehead atoms. The Hall–Kier alpha value is -3.81. The van der Waals surface area contributed by atoms with E-state index < -0.39 is 36.1 Å². The summed E-state index contributed by atoms with van der Waals surface area (Å²) in [5, 5.41) is 10.9. The minimum Gasteiger partial charge on any atom is -0.478 e. The second-order valence-corrected chi connectivity index (χ2v) is 5.24. The lowest BCUT2D eigenvalue weighted by atomic mass is 10.1. The largest absolute Gasteiger partial charge is 0.478 e. The minimum atomic E-state index is -1.25. The number of rotatable bonds is 7. The summed E-state index contributed by atoms with van der Waals surface area (Å²) in [6.45, 7) is -0.497. The van der Waals surface area contributed by atoms with Crippen LogP contribution in [0.5, 0.6) is 0 Å². The molecule has 0 aromatic heterocycles. The molecule has 1 amide bonds. The standard InChI is InChI=1S/C19H14FNO6/c20-14-5-1-12(2-6-14)16(22)11-27-19(26)13-3-7-15(8-4-13)21-17(23)9-10-18(24)25/h1-10H,11H2,(H,21,23)(H,24,25). The Kier molecular flexibility index (Phi) is 6.54. The van der Waals surface area contributed by atoms with Gasteiger partial charge in [0.15, 0.2) is 12.4 Å². The zero-order valence-corrected chi connectivity index (χ0v) is 13.8. The predicted molar refractivity (Wildman–Crippen MR) is 92.9 cm³/mol. The molecule has 27 heavy (non-hydrogen) atoms. The molecule has 0 aliphatic carbocycles. The molecule has 0 atom stereocenters. The van der Waals surface area contributed by atoms with Crippen molar-refractivity contribution in [2.75, 3.05) is 11.9 Å². The first-order chi connectivity index (χ1) is 12.8. The zero-order chi connectivity index (χ0) is 19.8. The van der Waals surface area contributed by atoms with E-state index in [2.05, 4.69) is 5.32 Å². The van der Waals surface area contributed by atoms with Crippen LogP contribution >= 0.6 is 0 Å². The fourth-order valence-electron chi connectivity index (χ4n) is 1.95. The summed E-state index contributed by atoms with van der Waals surface area (Å²) in [6, 6.07) is 10.4. The normalized spacial score (nSPS) is 10.4. The molecule has 0 saturated carbocycles. The molecule has 0 saturated heterocycles. The monoisotopic (exact) mass is 371 g/mol. The van der Waals surface area contributed by atoms with E-state index >= 15 is 0 Å². The smallest absolute Gasteiger partial charge is 0.338 e. The van der Waals surface area contributed by atoms with E-state index in [9.17, 15) is 23.6 Å². The number of benzene rings is 2. The van der Waals surface area contributed by atoms with Crippen LogP contribution < -0.4 is 5.32 Å². The van der Waals surface area contributed by atoms with Crippen molar-refractivity contribution in [2.45, 2.75) is 0 Å².